The van der Waals surface area contributed by atoms with Crippen molar-refractivity contribution in [3.05, 3.63) is 65.5 Å². The Morgan fingerprint density at radius 3 is 2.60 bits per heavy atom. The van der Waals surface area contributed by atoms with E-state index in [1.54, 1.807) is 0 Å². The van der Waals surface area contributed by atoms with E-state index in [2.05, 4.69) is 23.2 Å². The smallest absolute Gasteiger partial charge is 0.223 e. The lowest BCUT2D eigenvalue weighted by Gasteiger charge is -2.31. The average Bonchev–Trinajstić information content (AvgIpc) is 2.78. The van der Waals surface area contributed by atoms with Gasteiger partial charge >= 0.3 is 0 Å². The molecule has 30 heavy (non-hydrogen) atoms. The second kappa shape index (κ2) is 11.7. The molecule has 0 aliphatic carbocycles. The highest BCUT2D eigenvalue weighted by molar-refractivity contribution is 5.78. The van der Waals surface area contributed by atoms with Gasteiger partial charge in [0.2, 0.25) is 5.91 Å². The summed E-state index contributed by atoms with van der Waals surface area (Å²) in [5, 5.41) is 3.12. The number of amides is 1. The second-order valence-electron chi connectivity index (χ2n) is 8.03. The van der Waals surface area contributed by atoms with E-state index in [0.29, 0.717) is 6.54 Å². The number of rotatable bonds is 10. The molecule has 1 saturated heterocycles. The number of piperidine rings is 1. The Bertz CT molecular complexity index is 786. The highest BCUT2D eigenvalue weighted by Gasteiger charge is 2.24. The average molecular weight is 413 g/mol. The van der Waals surface area contributed by atoms with E-state index in [1.807, 2.05) is 30.3 Å². The van der Waals surface area contributed by atoms with Crippen LogP contribution in [0.4, 0.5) is 4.39 Å². The van der Waals surface area contributed by atoms with Crippen molar-refractivity contribution < 1.29 is 13.9 Å². The molecule has 0 saturated carbocycles. The maximum Gasteiger partial charge on any atom is 0.223 e. The Labute approximate surface area is 179 Å². The van der Waals surface area contributed by atoms with Crippen LogP contribution in [0, 0.1) is 11.7 Å². The van der Waals surface area contributed by atoms with E-state index in [9.17, 15) is 9.18 Å². The van der Waals surface area contributed by atoms with Gasteiger partial charge in [-0.1, -0.05) is 37.3 Å². The maximum atomic E-state index is 13.0. The summed E-state index contributed by atoms with van der Waals surface area (Å²) < 4.78 is 18.8. The third-order valence-electron chi connectivity index (χ3n) is 5.63. The molecular weight excluding hydrogens is 379 g/mol. The molecule has 0 aromatic heterocycles. The number of carbonyl (C=O) groups excluding carboxylic acids is 1. The Kier molecular flexibility index (Phi) is 8.69. The van der Waals surface area contributed by atoms with Crippen LogP contribution in [0.15, 0.2) is 48.5 Å². The van der Waals surface area contributed by atoms with Crippen molar-refractivity contribution in [1.82, 2.24) is 10.2 Å². The van der Waals surface area contributed by atoms with E-state index < -0.39 is 0 Å². The molecule has 1 aliphatic rings. The molecule has 162 valence electrons. The van der Waals surface area contributed by atoms with E-state index in [4.69, 9.17) is 4.74 Å². The predicted molar refractivity (Wildman–Crippen MR) is 118 cm³/mol. The fourth-order valence-corrected chi connectivity index (χ4v) is 3.90. The van der Waals surface area contributed by atoms with Crippen LogP contribution >= 0.6 is 0 Å². The number of likely N-dealkylation sites (tertiary alicyclic amines) is 1. The van der Waals surface area contributed by atoms with Gasteiger partial charge in [-0.05, 0) is 74.5 Å². The van der Waals surface area contributed by atoms with Crippen molar-refractivity contribution >= 4 is 5.91 Å². The van der Waals surface area contributed by atoms with Crippen LogP contribution in [-0.4, -0.2) is 37.0 Å². The van der Waals surface area contributed by atoms with Gasteiger partial charge < -0.3 is 10.1 Å². The zero-order valence-electron chi connectivity index (χ0n) is 17.9. The van der Waals surface area contributed by atoms with Crippen LogP contribution in [0.25, 0.3) is 0 Å². The predicted octanol–water partition coefficient (Wildman–Crippen LogP) is 4.58. The Morgan fingerprint density at radius 2 is 1.87 bits per heavy atom. The summed E-state index contributed by atoms with van der Waals surface area (Å²) >= 11 is 0. The minimum Gasteiger partial charge on any atom is -0.493 e. The van der Waals surface area contributed by atoms with Crippen molar-refractivity contribution in [3.8, 4) is 5.75 Å². The molecule has 5 heteroatoms. The molecule has 0 atom stereocenters. The highest BCUT2D eigenvalue weighted by atomic mass is 19.1. The van der Waals surface area contributed by atoms with Crippen molar-refractivity contribution in [2.75, 3.05) is 26.2 Å². The molecule has 1 fully saturated rings. The number of benzene rings is 2. The van der Waals surface area contributed by atoms with Crippen LogP contribution in [0.1, 0.15) is 43.7 Å². The second-order valence-corrected chi connectivity index (χ2v) is 8.03. The number of aryl methyl sites for hydroxylation is 1. The summed E-state index contributed by atoms with van der Waals surface area (Å²) in [6, 6.07) is 14.8. The van der Waals surface area contributed by atoms with E-state index in [0.717, 1.165) is 69.7 Å². The lowest BCUT2D eigenvalue weighted by atomic mass is 9.95. The van der Waals surface area contributed by atoms with Gasteiger partial charge in [-0.25, -0.2) is 4.39 Å². The Balaban J connectivity index is 1.35. The van der Waals surface area contributed by atoms with Crippen molar-refractivity contribution in [2.24, 2.45) is 5.92 Å². The van der Waals surface area contributed by atoms with Gasteiger partial charge in [-0.2, -0.15) is 0 Å². The van der Waals surface area contributed by atoms with Gasteiger partial charge in [0.25, 0.3) is 0 Å². The zero-order valence-corrected chi connectivity index (χ0v) is 17.9. The number of halogens is 1. The summed E-state index contributed by atoms with van der Waals surface area (Å²) in [7, 11) is 0. The number of carbonyl (C=O) groups is 1. The first-order valence-corrected chi connectivity index (χ1v) is 11.1. The minimum absolute atomic E-state index is 0.0923. The van der Waals surface area contributed by atoms with Crippen LogP contribution in [-0.2, 0) is 17.8 Å². The maximum absolute atomic E-state index is 13.0. The molecule has 0 radical (unpaired) electrons. The van der Waals surface area contributed by atoms with Crippen molar-refractivity contribution in [2.45, 2.75) is 45.6 Å². The minimum atomic E-state index is -0.203. The zero-order chi connectivity index (χ0) is 21.2. The normalized spacial score (nSPS) is 15.1. The van der Waals surface area contributed by atoms with Gasteiger partial charge in [0.1, 0.15) is 11.6 Å². The number of nitrogens with one attached hydrogen (secondary N) is 1. The number of hydrogen-bond acceptors (Lipinski definition) is 3. The topological polar surface area (TPSA) is 41.6 Å². The summed E-state index contributed by atoms with van der Waals surface area (Å²) in [6.07, 6.45) is 4.55. The van der Waals surface area contributed by atoms with Crippen LogP contribution < -0.4 is 10.1 Å². The summed E-state index contributed by atoms with van der Waals surface area (Å²) in [4.78, 5) is 14.9. The van der Waals surface area contributed by atoms with Crippen molar-refractivity contribution in [1.29, 1.82) is 0 Å². The third kappa shape index (κ3) is 6.84. The lowest BCUT2D eigenvalue weighted by Crippen LogP contribution is -2.40. The molecule has 1 heterocycles. The van der Waals surface area contributed by atoms with Gasteiger partial charge in [-0.3, -0.25) is 9.69 Å². The first-order chi connectivity index (χ1) is 14.7. The number of para-hydroxylation sites is 1. The van der Waals surface area contributed by atoms with E-state index in [1.165, 1.54) is 17.7 Å². The van der Waals surface area contributed by atoms with Crippen LogP contribution in [0.5, 0.6) is 5.75 Å². The summed E-state index contributed by atoms with van der Waals surface area (Å²) in [5.41, 5.74) is 2.32. The lowest BCUT2D eigenvalue weighted by molar-refractivity contribution is -0.126. The third-order valence-corrected chi connectivity index (χ3v) is 5.63. The molecule has 4 nitrogen and oxygen atoms in total. The molecule has 1 amide bonds. The Morgan fingerprint density at radius 1 is 1.13 bits per heavy atom. The fourth-order valence-electron chi connectivity index (χ4n) is 3.90. The first-order valence-electron chi connectivity index (χ1n) is 11.1. The molecule has 2 aromatic rings. The van der Waals surface area contributed by atoms with Gasteiger partial charge in [0, 0.05) is 19.0 Å². The SMILES string of the molecule is CCCOc1ccccc1CCCNC(=O)C1CCN(Cc2ccc(F)cc2)CC1. The molecule has 0 spiro atoms. The van der Waals surface area contributed by atoms with Crippen LogP contribution in [0.3, 0.4) is 0 Å². The highest BCUT2D eigenvalue weighted by Crippen LogP contribution is 2.21. The van der Waals surface area contributed by atoms with Crippen molar-refractivity contribution in [3.63, 3.8) is 0 Å². The monoisotopic (exact) mass is 412 g/mol. The molecule has 0 unspecified atom stereocenters. The van der Waals surface area contributed by atoms with Gasteiger partial charge in [-0.15, -0.1) is 0 Å². The Hall–Kier alpha value is -2.40. The largest absolute Gasteiger partial charge is 0.493 e. The summed E-state index contributed by atoms with van der Waals surface area (Å²) in [6.45, 7) is 6.14. The first kappa shape index (κ1) is 22.3. The van der Waals surface area contributed by atoms with E-state index in [-0.39, 0.29) is 17.6 Å². The molecular formula is C25H33FN2O2. The number of nitrogens with zero attached hydrogens (tertiary/aromatic N) is 1. The number of hydrogen-bond donors (Lipinski definition) is 1. The van der Waals surface area contributed by atoms with Gasteiger partial charge in [0.05, 0.1) is 6.61 Å². The molecule has 0 bridgehead atoms. The molecule has 3 rings (SSSR count). The summed E-state index contributed by atoms with van der Waals surface area (Å²) in [5.74, 6) is 1.02. The number of ether oxygens (including phenoxy) is 1. The van der Waals surface area contributed by atoms with Gasteiger partial charge in [0.15, 0.2) is 0 Å². The fraction of sp³-hybridized carbons (Fsp3) is 0.480. The molecule has 2 aromatic carbocycles. The standard InChI is InChI=1S/C25H33FN2O2/c1-2-18-30-24-8-4-3-6-21(24)7-5-15-27-25(29)22-13-16-28(17-14-22)19-20-9-11-23(26)12-10-20/h3-4,6,8-12,22H,2,5,7,13-19H2,1H3,(H,27,29). The molecule has 1 N–H and O–H groups in total. The van der Waals surface area contributed by atoms with Crippen LogP contribution in [0.2, 0.25) is 0 Å². The van der Waals surface area contributed by atoms with E-state index >= 15 is 0 Å². The quantitative estimate of drug-likeness (QED) is 0.581. The molecule has 1 aliphatic heterocycles.